The van der Waals surface area contributed by atoms with Crippen LogP contribution in [0.4, 0.5) is 5.69 Å². The van der Waals surface area contributed by atoms with Crippen molar-refractivity contribution in [3.8, 4) is 0 Å². The Labute approximate surface area is 121 Å². The van der Waals surface area contributed by atoms with E-state index in [1.54, 1.807) is 24.3 Å². The third-order valence-corrected chi connectivity index (χ3v) is 4.20. The van der Waals surface area contributed by atoms with Crippen LogP contribution in [0.1, 0.15) is 26.7 Å². The molecule has 5 nitrogen and oxygen atoms in total. The first-order chi connectivity index (χ1) is 9.60. The van der Waals surface area contributed by atoms with Crippen molar-refractivity contribution in [2.45, 2.75) is 31.6 Å². The Balaban J connectivity index is 2.43. The zero-order chi connectivity index (χ0) is 14.8. The lowest BCUT2D eigenvalue weighted by molar-refractivity contribution is 0.136. The molecule has 2 N–H and O–H groups in total. The van der Waals surface area contributed by atoms with Gasteiger partial charge in [0.25, 0.3) is 0 Å². The fourth-order valence-corrected chi connectivity index (χ4v) is 2.65. The van der Waals surface area contributed by atoms with Crippen molar-refractivity contribution in [2.75, 3.05) is 31.6 Å². The third kappa shape index (κ3) is 5.90. The van der Waals surface area contributed by atoms with Gasteiger partial charge in [-0.05, 0) is 37.6 Å². The van der Waals surface area contributed by atoms with Crippen LogP contribution in [0.5, 0.6) is 0 Å². The van der Waals surface area contributed by atoms with E-state index in [4.69, 9.17) is 4.74 Å². The van der Waals surface area contributed by atoms with Crippen molar-refractivity contribution in [2.24, 2.45) is 0 Å². The standard InChI is InChI=1S/C14H24N2O3S/c1-3-5-11-19-12-10-16-20(17,18)14-8-6-13(7-9-14)15-4-2/h6-9,15-16H,3-5,10-12H2,1-2H3. The summed E-state index contributed by atoms with van der Waals surface area (Å²) in [6.07, 6.45) is 2.07. The molecule has 0 aromatic heterocycles. The number of hydrogen-bond acceptors (Lipinski definition) is 4. The summed E-state index contributed by atoms with van der Waals surface area (Å²) in [7, 11) is -3.44. The minimum absolute atomic E-state index is 0.271. The second-order valence-corrected chi connectivity index (χ2v) is 6.19. The monoisotopic (exact) mass is 300 g/mol. The van der Waals surface area contributed by atoms with Gasteiger partial charge < -0.3 is 10.1 Å². The fourth-order valence-electron chi connectivity index (χ4n) is 1.64. The number of benzene rings is 1. The molecule has 0 aliphatic carbocycles. The molecule has 0 heterocycles. The van der Waals surface area contributed by atoms with Gasteiger partial charge in [0, 0.05) is 25.4 Å². The molecule has 0 saturated heterocycles. The van der Waals surface area contributed by atoms with Crippen LogP contribution in [0.25, 0.3) is 0 Å². The highest BCUT2D eigenvalue weighted by atomic mass is 32.2. The molecule has 0 radical (unpaired) electrons. The Bertz CT molecular complexity index is 472. The van der Waals surface area contributed by atoms with Gasteiger partial charge in [0.1, 0.15) is 0 Å². The van der Waals surface area contributed by atoms with Crippen LogP contribution in [-0.2, 0) is 14.8 Å². The second-order valence-electron chi connectivity index (χ2n) is 4.42. The predicted octanol–water partition coefficient (Wildman–Crippen LogP) is 2.21. The highest BCUT2D eigenvalue weighted by Gasteiger charge is 2.12. The normalized spacial score (nSPS) is 11.5. The van der Waals surface area contributed by atoms with Gasteiger partial charge in [0.15, 0.2) is 0 Å². The largest absolute Gasteiger partial charge is 0.385 e. The van der Waals surface area contributed by atoms with Gasteiger partial charge >= 0.3 is 0 Å². The average Bonchev–Trinajstić information content (AvgIpc) is 2.44. The summed E-state index contributed by atoms with van der Waals surface area (Å²) in [6, 6.07) is 6.71. The van der Waals surface area contributed by atoms with Crippen LogP contribution < -0.4 is 10.0 Å². The first-order valence-corrected chi connectivity index (χ1v) is 8.49. The summed E-state index contributed by atoms with van der Waals surface area (Å²) in [5.74, 6) is 0. The van der Waals surface area contributed by atoms with Crippen molar-refractivity contribution in [3.05, 3.63) is 24.3 Å². The number of nitrogens with one attached hydrogen (secondary N) is 2. The highest BCUT2D eigenvalue weighted by Crippen LogP contribution is 2.13. The van der Waals surface area contributed by atoms with Crippen LogP contribution in [-0.4, -0.2) is 34.7 Å². The number of hydrogen-bond donors (Lipinski definition) is 2. The third-order valence-electron chi connectivity index (χ3n) is 2.73. The van der Waals surface area contributed by atoms with Gasteiger partial charge in [-0.1, -0.05) is 13.3 Å². The van der Waals surface area contributed by atoms with Crippen LogP contribution in [0.3, 0.4) is 0 Å². The lowest BCUT2D eigenvalue weighted by atomic mass is 10.3. The SMILES string of the molecule is CCCCOCCNS(=O)(=O)c1ccc(NCC)cc1. The van der Waals surface area contributed by atoms with Gasteiger partial charge in [-0.3, -0.25) is 0 Å². The molecule has 1 aromatic carbocycles. The smallest absolute Gasteiger partial charge is 0.240 e. The average molecular weight is 300 g/mol. The van der Waals surface area contributed by atoms with Crippen molar-refractivity contribution in [3.63, 3.8) is 0 Å². The second kappa shape index (κ2) is 8.94. The van der Waals surface area contributed by atoms with Crippen molar-refractivity contribution < 1.29 is 13.2 Å². The molecule has 0 spiro atoms. The van der Waals surface area contributed by atoms with E-state index in [-0.39, 0.29) is 4.90 Å². The minimum atomic E-state index is -3.44. The fraction of sp³-hybridized carbons (Fsp3) is 0.571. The zero-order valence-corrected chi connectivity index (χ0v) is 13.0. The van der Waals surface area contributed by atoms with Crippen LogP contribution in [0.2, 0.25) is 0 Å². The molecule has 0 unspecified atom stereocenters. The van der Waals surface area contributed by atoms with E-state index >= 15 is 0 Å². The van der Waals surface area contributed by atoms with E-state index in [2.05, 4.69) is 17.0 Å². The van der Waals surface area contributed by atoms with Crippen LogP contribution in [0, 0.1) is 0 Å². The predicted molar refractivity (Wildman–Crippen MR) is 81.5 cm³/mol. The molecule has 114 valence electrons. The van der Waals surface area contributed by atoms with Crippen molar-refractivity contribution in [1.29, 1.82) is 0 Å². The van der Waals surface area contributed by atoms with Crippen LogP contribution in [0.15, 0.2) is 29.2 Å². The number of ether oxygens (including phenoxy) is 1. The molecule has 0 bridgehead atoms. The number of unbranched alkanes of at least 4 members (excludes halogenated alkanes) is 1. The molecule has 0 fully saturated rings. The first-order valence-electron chi connectivity index (χ1n) is 7.01. The highest BCUT2D eigenvalue weighted by molar-refractivity contribution is 7.89. The summed E-state index contributed by atoms with van der Waals surface area (Å²) >= 11 is 0. The molecule has 0 atom stereocenters. The Hall–Kier alpha value is -1.11. The van der Waals surface area contributed by atoms with Gasteiger partial charge in [0.05, 0.1) is 11.5 Å². The molecule has 0 aliphatic heterocycles. The van der Waals surface area contributed by atoms with E-state index in [1.165, 1.54) is 0 Å². The van der Waals surface area contributed by atoms with Gasteiger partial charge in [-0.2, -0.15) is 0 Å². The van der Waals surface area contributed by atoms with E-state index in [0.29, 0.717) is 19.8 Å². The van der Waals surface area contributed by atoms with Gasteiger partial charge in [0.2, 0.25) is 10.0 Å². The minimum Gasteiger partial charge on any atom is -0.385 e. The Morgan fingerprint density at radius 2 is 1.80 bits per heavy atom. The van der Waals surface area contributed by atoms with Gasteiger partial charge in [-0.25, -0.2) is 13.1 Å². The molecule has 0 amide bonds. The van der Waals surface area contributed by atoms with Crippen LogP contribution >= 0.6 is 0 Å². The Morgan fingerprint density at radius 3 is 2.40 bits per heavy atom. The van der Waals surface area contributed by atoms with Gasteiger partial charge in [-0.15, -0.1) is 0 Å². The summed E-state index contributed by atoms with van der Waals surface area (Å²) in [4.78, 5) is 0.271. The maximum absolute atomic E-state index is 12.0. The van der Waals surface area contributed by atoms with Crippen molar-refractivity contribution in [1.82, 2.24) is 4.72 Å². The number of rotatable bonds is 10. The van der Waals surface area contributed by atoms with E-state index in [0.717, 1.165) is 25.1 Å². The zero-order valence-electron chi connectivity index (χ0n) is 12.2. The molecule has 20 heavy (non-hydrogen) atoms. The molecule has 6 heteroatoms. The molecule has 1 rings (SSSR count). The molecule has 1 aromatic rings. The summed E-state index contributed by atoms with van der Waals surface area (Å²) in [5, 5.41) is 3.12. The lowest BCUT2D eigenvalue weighted by Crippen LogP contribution is -2.27. The topological polar surface area (TPSA) is 67.4 Å². The van der Waals surface area contributed by atoms with E-state index < -0.39 is 10.0 Å². The maximum atomic E-state index is 12.0. The number of anilines is 1. The summed E-state index contributed by atoms with van der Waals surface area (Å²) in [5.41, 5.74) is 0.911. The first kappa shape index (κ1) is 16.9. The Kier molecular flexibility index (Phi) is 7.58. The quantitative estimate of drug-likeness (QED) is 0.650. The summed E-state index contributed by atoms with van der Waals surface area (Å²) < 4.78 is 31.9. The molecule has 0 aliphatic rings. The lowest BCUT2D eigenvalue weighted by Gasteiger charge is -2.08. The summed E-state index contributed by atoms with van der Waals surface area (Å²) in [6.45, 7) is 6.25. The van der Waals surface area contributed by atoms with Crippen molar-refractivity contribution >= 4 is 15.7 Å². The molecular weight excluding hydrogens is 276 g/mol. The van der Waals surface area contributed by atoms with E-state index in [9.17, 15) is 8.42 Å². The Morgan fingerprint density at radius 1 is 1.10 bits per heavy atom. The molecule has 0 saturated carbocycles. The maximum Gasteiger partial charge on any atom is 0.240 e. The van der Waals surface area contributed by atoms with E-state index in [1.807, 2.05) is 6.92 Å². The number of sulfonamides is 1. The molecular formula is C14H24N2O3S.